The third-order valence-corrected chi connectivity index (χ3v) is 9.25. The Kier molecular flexibility index (Phi) is 8.30. The molecule has 0 aromatic heterocycles. The van der Waals surface area contributed by atoms with Crippen LogP contribution in [0.3, 0.4) is 0 Å². The monoisotopic (exact) mass is 513 g/mol. The number of aryl methyl sites for hydroxylation is 2. The second-order valence-corrected chi connectivity index (χ2v) is 12.5. The summed E-state index contributed by atoms with van der Waals surface area (Å²) in [5.41, 5.74) is 2.81. The highest BCUT2D eigenvalue weighted by molar-refractivity contribution is 7.67. The van der Waals surface area contributed by atoms with Crippen molar-refractivity contribution in [2.75, 3.05) is 21.3 Å². The van der Waals surface area contributed by atoms with Gasteiger partial charge in [0.25, 0.3) is 0 Å². The number of Topliss-reactive ketones (excluding diaryl/α,β-unsaturated/α-hetero) is 1. The van der Waals surface area contributed by atoms with Gasteiger partial charge in [0, 0.05) is 30.5 Å². The number of ketones is 1. The van der Waals surface area contributed by atoms with Crippen molar-refractivity contribution in [1.82, 2.24) is 0 Å². The fourth-order valence-electron chi connectivity index (χ4n) is 5.16. The van der Waals surface area contributed by atoms with E-state index in [0.717, 1.165) is 36.0 Å². The predicted molar refractivity (Wildman–Crippen MR) is 143 cm³/mol. The molecule has 1 aliphatic rings. The molecule has 0 aliphatic heterocycles. The summed E-state index contributed by atoms with van der Waals surface area (Å²) in [7, 11) is 1.73. The Balaban J connectivity index is 2.15. The third-order valence-electron chi connectivity index (χ3n) is 7.23. The average molecular weight is 514 g/mol. The fourth-order valence-corrected chi connectivity index (χ4v) is 6.99. The van der Waals surface area contributed by atoms with Crippen molar-refractivity contribution >= 4 is 19.1 Å². The zero-order chi connectivity index (χ0) is 26.8. The summed E-state index contributed by atoms with van der Waals surface area (Å²) in [4.78, 5) is 28.2. The van der Waals surface area contributed by atoms with Gasteiger partial charge in [0.05, 0.1) is 21.3 Å². The smallest absolute Gasteiger partial charge is 0.434 e. The molecule has 2 aromatic rings. The van der Waals surface area contributed by atoms with Crippen molar-refractivity contribution in [2.24, 2.45) is 0 Å². The highest BCUT2D eigenvalue weighted by Crippen LogP contribution is 2.55. The lowest BCUT2D eigenvalue weighted by Crippen LogP contribution is -2.39. The van der Waals surface area contributed by atoms with Crippen LogP contribution in [0, 0.1) is 13.8 Å². The van der Waals surface area contributed by atoms with Crippen molar-refractivity contribution in [1.29, 1.82) is 0 Å². The van der Waals surface area contributed by atoms with E-state index in [1.807, 2.05) is 26.0 Å². The van der Waals surface area contributed by atoms with Gasteiger partial charge in [-0.2, -0.15) is 0 Å². The quantitative estimate of drug-likeness (QED) is 0.275. The Morgan fingerprint density at radius 1 is 0.806 bits per heavy atom. The van der Waals surface area contributed by atoms with Crippen molar-refractivity contribution in [3.8, 4) is 17.2 Å². The summed E-state index contributed by atoms with van der Waals surface area (Å²) in [6, 6.07) is 7.21. The molecule has 7 heteroatoms. The summed E-state index contributed by atoms with van der Waals surface area (Å²) in [6.45, 7) is 10.3. The first kappa shape index (κ1) is 27.9. The number of carbonyl (C=O) groups excluding carboxylic acids is 2. The molecule has 3 rings (SSSR count). The van der Waals surface area contributed by atoms with Crippen LogP contribution in [-0.2, 0) is 9.98 Å². The second-order valence-electron chi connectivity index (χ2n) is 10.7. The minimum atomic E-state index is -2.64. The summed E-state index contributed by atoms with van der Waals surface area (Å²) < 4.78 is 30.4. The summed E-state index contributed by atoms with van der Waals surface area (Å²) in [6.07, 6.45) is 3.26. The molecule has 36 heavy (non-hydrogen) atoms. The lowest BCUT2D eigenvalue weighted by atomic mass is 9.78. The van der Waals surface area contributed by atoms with Gasteiger partial charge < -0.3 is 14.2 Å². The summed E-state index contributed by atoms with van der Waals surface area (Å²) >= 11 is 0. The Hall–Kier alpha value is -2.72. The Morgan fingerprint density at radius 3 is 1.72 bits per heavy atom. The topological polar surface area (TPSA) is 78.9 Å². The van der Waals surface area contributed by atoms with E-state index in [1.165, 1.54) is 21.3 Å². The van der Waals surface area contributed by atoms with Crippen molar-refractivity contribution in [2.45, 2.75) is 77.3 Å². The minimum Gasteiger partial charge on any atom is -0.496 e. The number of methoxy groups -OCH3 is 3. The lowest BCUT2D eigenvalue weighted by Gasteiger charge is -2.28. The van der Waals surface area contributed by atoms with E-state index in [4.69, 9.17) is 14.2 Å². The van der Waals surface area contributed by atoms with Gasteiger partial charge in [-0.1, -0.05) is 43.9 Å². The predicted octanol–water partition coefficient (Wildman–Crippen LogP) is 7.18. The molecule has 0 bridgehead atoms. The first-order valence-corrected chi connectivity index (χ1v) is 13.7. The van der Waals surface area contributed by atoms with Crippen LogP contribution in [-0.4, -0.2) is 37.8 Å². The molecule has 6 nitrogen and oxygen atoms in total. The van der Waals surface area contributed by atoms with E-state index in [-0.39, 0.29) is 28.3 Å². The Morgan fingerprint density at radius 2 is 1.31 bits per heavy atom. The van der Waals surface area contributed by atoms with Crippen molar-refractivity contribution < 1.29 is 28.4 Å². The molecule has 0 heterocycles. The molecule has 1 fully saturated rings. The van der Waals surface area contributed by atoms with Gasteiger partial charge in [0.2, 0.25) is 10.9 Å². The number of carbonyl (C=O) groups is 2. The van der Waals surface area contributed by atoms with E-state index in [2.05, 4.69) is 20.8 Å². The van der Waals surface area contributed by atoms with Crippen LogP contribution in [0.15, 0.2) is 24.3 Å². The molecule has 0 amide bonds. The SMILES string of the molecule is COc1cc(OC)c(C(=O)[P+](=O)C2(C(=O)c3c(C)cc(C(C)(C)C)cc3C)CCCCC2)c(OC)c1. The van der Waals surface area contributed by atoms with E-state index in [1.54, 1.807) is 12.1 Å². The van der Waals surface area contributed by atoms with Crippen molar-refractivity contribution in [3.63, 3.8) is 0 Å². The van der Waals surface area contributed by atoms with E-state index in [9.17, 15) is 14.2 Å². The molecule has 1 atom stereocenters. The van der Waals surface area contributed by atoms with Crippen molar-refractivity contribution in [3.05, 3.63) is 52.1 Å². The van der Waals surface area contributed by atoms with Crippen LogP contribution >= 0.6 is 7.80 Å². The number of rotatable bonds is 8. The fraction of sp³-hybridized carbons (Fsp3) is 0.517. The van der Waals surface area contributed by atoms with Crippen LogP contribution in [0.4, 0.5) is 0 Å². The first-order chi connectivity index (χ1) is 16.9. The van der Waals surface area contributed by atoms with Gasteiger partial charge in [0.1, 0.15) is 17.2 Å². The molecule has 2 aromatic carbocycles. The first-order valence-electron chi connectivity index (χ1n) is 12.4. The highest BCUT2D eigenvalue weighted by atomic mass is 31.1. The standard InChI is InChI=1S/C29H38O6P/c1-18-14-20(28(3,4)5)15-19(2)24(18)26(30)29(12-10-9-11-13-29)36(32)27(31)25-22(34-7)16-21(33-6)17-23(25)35-8/h14-17H,9-13H2,1-8H3/q+1. The van der Waals surface area contributed by atoms with Crippen LogP contribution in [0.1, 0.15) is 90.3 Å². The second kappa shape index (κ2) is 10.7. The van der Waals surface area contributed by atoms with E-state index >= 15 is 0 Å². The van der Waals surface area contributed by atoms with Gasteiger partial charge in [-0.05, 0) is 48.8 Å². The van der Waals surface area contributed by atoms with Gasteiger partial charge in [-0.25, -0.2) is 4.79 Å². The zero-order valence-corrected chi connectivity index (χ0v) is 23.6. The van der Waals surface area contributed by atoms with Crippen LogP contribution in [0.5, 0.6) is 17.2 Å². The molecule has 0 N–H and O–H groups in total. The maximum atomic E-state index is 14.3. The van der Waals surface area contributed by atoms with Gasteiger partial charge in [0.15, 0.2) is 5.56 Å². The summed E-state index contributed by atoms with van der Waals surface area (Å²) in [5.74, 6) is 0.669. The lowest BCUT2D eigenvalue weighted by molar-refractivity contribution is 0.0901. The molecular weight excluding hydrogens is 475 g/mol. The van der Waals surface area contributed by atoms with Crippen LogP contribution in [0.2, 0.25) is 0 Å². The molecular formula is C29H38O6P+. The minimum absolute atomic E-state index is 0.0672. The number of hydrogen-bond acceptors (Lipinski definition) is 6. The van der Waals surface area contributed by atoms with Gasteiger partial charge >= 0.3 is 13.3 Å². The molecule has 194 valence electrons. The Labute approximate surface area is 215 Å². The molecule has 0 radical (unpaired) electrons. The molecule has 0 spiro atoms. The van der Waals surface area contributed by atoms with Gasteiger partial charge in [-0.15, -0.1) is 0 Å². The Bertz CT molecular complexity index is 1140. The zero-order valence-electron chi connectivity index (χ0n) is 22.7. The van der Waals surface area contributed by atoms with Crippen LogP contribution in [0.25, 0.3) is 0 Å². The maximum absolute atomic E-state index is 14.3. The molecule has 1 unspecified atom stereocenters. The normalized spacial score (nSPS) is 15.7. The molecule has 1 aliphatic carbocycles. The van der Waals surface area contributed by atoms with Gasteiger partial charge in [-0.3, -0.25) is 4.79 Å². The number of benzene rings is 2. The van der Waals surface area contributed by atoms with Crippen LogP contribution < -0.4 is 14.2 Å². The largest absolute Gasteiger partial charge is 0.496 e. The number of hydrogen-bond donors (Lipinski definition) is 0. The average Bonchev–Trinajstić information content (AvgIpc) is 2.86. The highest BCUT2D eigenvalue weighted by Gasteiger charge is 2.61. The number of ether oxygens (including phenoxy) is 3. The van der Waals surface area contributed by atoms with E-state index in [0.29, 0.717) is 24.2 Å². The molecule has 1 saturated carbocycles. The van der Waals surface area contributed by atoms with E-state index < -0.39 is 18.5 Å². The maximum Gasteiger partial charge on any atom is 0.434 e. The molecule has 0 saturated heterocycles. The third kappa shape index (κ3) is 5.06. The summed E-state index contributed by atoms with van der Waals surface area (Å²) in [5, 5.41) is -1.26.